The Balaban J connectivity index is 4.11. The highest BCUT2D eigenvalue weighted by atomic mass is 31.2. The molecule has 11 heteroatoms. The Morgan fingerprint density at radius 3 is 1.38 bits per heavy atom. The van der Waals surface area contributed by atoms with Crippen LogP contribution < -0.4 is 5.73 Å². The summed E-state index contributed by atoms with van der Waals surface area (Å²) in [6.07, 6.45) is 57.5. The smallest absolute Gasteiger partial charge is 0.472 e. The van der Waals surface area contributed by atoms with E-state index in [1.54, 1.807) is 0 Å². The molecule has 0 aliphatic rings. The number of unbranched alkanes of at least 4 members (excludes halogenated alkanes) is 27. The number of carbonyl (C=O) groups is 2. The van der Waals surface area contributed by atoms with Crippen molar-refractivity contribution >= 4 is 19.8 Å². The van der Waals surface area contributed by atoms with Gasteiger partial charge in [0.05, 0.1) is 19.8 Å². The number of carbonyl (C=O) groups excluding carboxylic acids is 1. The topological polar surface area (TPSA) is 155 Å². The van der Waals surface area contributed by atoms with Gasteiger partial charge < -0.3 is 25.2 Å². The number of rotatable bonds is 49. The molecule has 0 radical (unpaired) electrons. The highest BCUT2D eigenvalue weighted by molar-refractivity contribution is 7.47. The zero-order chi connectivity index (χ0) is 46.2. The van der Waals surface area contributed by atoms with Gasteiger partial charge in [0.2, 0.25) is 0 Å². The molecule has 63 heavy (non-hydrogen) atoms. The van der Waals surface area contributed by atoms with Crippen LogP contribution in [0.2, 0.25) is 0 Å². The van der Waals surface area contributed by atoms with Gasteiger partial charge in [-0.3, -0.25) is 18.6 Å². The molecule has 0 heterocycles. The maximum Gasteiger partial charge on any atom is 0.472 e. The molecule has 3 unspecified atom stereocenters. The maximum atomic E-state index is 12.7. The summed E-state index contributed by atoms with van der Waals surface area (Å²) in [5, 5.41) is 8.92. The first-order valence-electron chi connectivity index (χ1n) is 25.7. The van der Waals surface area contributed by atoms with Crippen LogP contribution in [0.25, 0.3) is 0 Å². The molecule has 0 bridgehead atoms. The fourth-order valence-electron chi connectivity index (χ4n) is 7.19. The van der Waals surface area contributed by atoms with Gasteiger partial charge in [0.25, 0.3) is 0 Å². The van der Waals surface area contributed by atoms with Crippen LogP contribution in [0, 0.1) is 0 Å². The van der Waals surface area contributed by atoms with Crippen molar-refractivity contribution in [1.29, 1.82) is 0 Å². The molecule has 0 amide bonds. The number of nitrogens with two attached hydrogens (primary N) is 1. The van der Waals surface area contributed by atoms with Gasteiger partial charge in [-0.25, -0.2) is 4.57 Å². The van der Waals surface area contributed by atoms with E-state index in [-0.39, 0.29) is 13.0 Å². The number of carboxylic acid groups (broad SMARTS) is 1. The van der Waals surface area contributed by atoms with Gasteiger partial charge in [-0.05, 0) is 51.4 Å². The molecule has 0 saturated heterocycles. The second-order valence-corrected chi connectivity index (χ2v) is 18.7. The number of allylic oxidation sites excluding steroid dienone is 8. The molecule has 10 nitrogen and oxygen atoms in total. The SMILES string of the molecule is CC/C=C\C/C=C\C/C=C\C/C=C\CCCCCCC(=O)OC(COCCCCCCCCCCCCCCCCCCCCCCCCCC)COP(=O)(O)OCC(N)C(=O)O. The van der Waals surface area contributed by atoms with Crippen molar-refractivity contribution in [3.8, 4) is 0 Å². The second kappa shape index (κ2) is 47.9. The Bertz CT molecular complexity index is 1190. The van der Waals surface area contributed by atoms with E-state index < -0.39 is 45.1 Å². The molecular formula is C52H96NO9P. The third kappa shape index (κ3) is 47.7. The van der Waals surface area contributed by atoms with Crippen molar-refractivity contribution in [3.05, 3.63) is 48.6 Å². The number of esters is 1. The van der Waals surface area contributed by atoms with Crippen molar-refractivity contribution in [2.75, 3.05) is 26.4 Å². The average Bonchev–Trinajstić information content (AvgIpc) is 3.26. The first-order chi connectivity index (χ1) is 30.7. The van der Waals surface area contributed by atoms with Crippen LogP contribution >= 0.6 is 7.82 Å². The molecule has 0 rings (SSSR count). The van der Waals surface area contributed by atoms with Crippen LogP contribution in [-0.2, 0) is 32.7 Å². The summed E-state index contributed by atoms with van der Waals surface area (Å²) in [4.78, 5) is 33.7. The van der Waals surface area contributed by atoms with E-state index in [9.17, 15) is 19.0 Å². The molecule has 0 aliphatic carbocycles. The van der Waals surface area contributed by atoms with Crippen molar-refractivity contribution in [3.63, 3.8) is 0 Å². The maximum absolute atomic E-state index is 12.7. The number of aliphatic carboxylic acids is 1. The molecule has 0 fully saturated rings. The molecular weight excluding hydrogens is 814 g/mol. The molecule has 0 aromatic carbocycles. The molecule has 0 saturated carbocycles. The third-order valence-corrected chi connectivity index (χ3v) is 12.1. The summed E-state index contributed by atoms with van der Waals surface area (Å²) in [7, 11) is -4.63. The number of hydrogen-bond donors (Lipinski definition) is 3. The van der Waals surface area contributed by atoms with Gasteiger partial charge in [-0.2, -0.15) is 0 Å². The number of ether oxygens (including phenoxy) is 2. The lowest BCUT2D eigenvalue weighted by Crippen LogP contribution is -2.34. The van der Waals surface area contributed by atoms with E-state index in [1.165, 1.54) is 135 Å². The first-order valence-corrected chi connectivity index (χ1v) is 27.2. The van der Waals surface area contributed by atoms with Crippen molar-refractivity contribution in [2.45, 2.75) is 244 Å². The lowest BCUT2D eigenvalue weighted by molar-refractivity contribution is -0.154. The van der Waals surface area contributed by atoms with Gasteiger partial charge >= 0.3 is 19.8 Å². The molecule has 4 N–H and O–H groups in total. The predicted octanol–water partition coefficient (Wildman–Crippen LogP) is 15.0. The zero-order valence-corrected chi connectivity index (χ0v) is 41.3. The molecule has 0 aromatic rings. The monoisotopic (exact) mass is 910 g/mol. The lowest BCUT2D eigenvalue weighted by Gasteiger charge is -2.20. The summed E-state index contributed by atoms with van der Waals surface area (Å²) >= 11 is 0. The van der Waals surface area contributed by atoms with E-state index in [4.69, 9.17) is 29.4 Å². The highest BCUT2D eigenvalue weighted by Crippen LogP contribution is 2.43. The van der Waals surface area contributed by atoms with Gasteiger partial charge in [-0.1, -0.05) is 223 Å². The average molecular weight is 910 g/mol. The van der Waals surface area contributed by atoms with Crippen molar-refractivity contribution < 1.29 is 42.7 Å². The molecule has 0 spiro atoms. The number of phosphoric ester groups is 1. The van der Waals surface area contributed by atoms with Crippen LogP contribution in [0.1, 0.15) is 232 Å². The van der Waals surface area contributed by atoms with Crippen LogP contribution in [0.15, 0.2) is 48.6 Å². The molecule has 0 aliphatic heterocycles. The lowest BCUT2D eigenvalue weighted by atomic mass is 10.0. The Kier molecular flexibility index (Phi) is 46.3. The number of phosphoric acid groups is 1. The van der Waals surface area contributed by atoms with Crippen LogP contribution in [0.4, 0.5) is 0 Å². The number of hydrogen-bond acceptors (Lipinski definition) is 8. The van der Waals surface area contributed by atoms with E-state index in [1.807, 2.05) is 0 Å². The highest BCUT2D eigenvalue weighted by Gasteiger charge is 2.27. The van der Waals surface area contributed by atoms with Crippen molar-refractivity contribution in [1.82, 2.24) is 0 Å². The van der Waals surface area contributed by atoms with E-state index >= 15 is 0 Å². The summed E-state index contributed by atoms with van der Waals surface area (Å²) in [6, 6.07) is -1.48. The summed E-state index contributed by atoms with van der Waals surface area (Å²) in [5.41, 5.74) is 5.37. The van der Waals surface area contributed by atoms with E-state index in [2.05, 4.69) is 62.5 Å². The van der Waals surface area contributed by atoms with Gasteiger partial charge in [0.1, 0.15) is 12.1 Å². The minimum absolute atomic E-state index is 0.00854. The third-order valence-electron chi connectivity index (χ3n) is 11.1. The zero-order valence-electron chi connectivity index (χ0n) is 40.4. The Hall–Kier alpha value is -2.07. The van der Waals surface area contributed by atoms with Gasteiger partial charge in [-0.15, -0.1) is 0 Å². The number of carboxylic acids is 1. The summed E-state index contributed by atoms with van der Waals surface area (Å²) < 4.78 is 33.5. The molecule has 0 aromatic heterocycles. The quantitative estimate of drug-likeness (QED) is 0.0232. The van der Waals surface area contributed by atoms with E-state index in [0.29, 0.717) is 13.0 Å². The summed E-state index contributed by atoms with van der Waals surface area (Å²) in [6.45, 7) is 3.77. The predicted molar refractivity (Wildman–Crippen MR) is 263 cm³/mol. The minimum atomic E-state index is -4.63. The van der Waals surface area contributed by atoms with Gasteiger partial charge in [0, 0.05) is 13.0 Å². The van der Waals surface area contributed by atoms with Crippen LogP contribution in [0.3, 0.4) is 0 Å². The normalized spacial score (nSPS) is 14.1. The standard InChI is InChI=1S/C52H96NO9P/c1-3-5-7-9-11-13-15-17-19-21-22-23-24-25-26-27-29-31-33-35-37-39-41-43-45-59-46-49(47-60-63(57,58)61-48-50(53)52(55)56)62-51(54)44-42-40-38-36-34-32-30-28-20-18-16-14-12-10-8-6-4-2/h6,8,12,14,18,20,30,32,49-50H,3-5,7,9-11,13,15-17,19,21-29,31,33-48,53H2,1-2H3,(H,55,56)(H,57,58)/b8-6-,14-12-,20-18-,32-30-. The van der Waals surface area contributed by atoms with Crippen LogP contribution in [-0.4, -0.2) is 60.5 Å². The molecule has 3 atom stereocenters. The molecule has 368 valence electrons. The minimum Gasteiger partial charge on any atom is -0.480 e. The fraction of sp³-hybridized carbons (Fsp3) is 0.808. The fourth-order valence-corrected chi connectivity index (χ4v) is 7.96. The van der Waals surface area contributed by atoms with Gasteiger partial charge in [0.15, 0.2) is 0 Å². The first kappa shape index (κ1) is 60.9. The van der Waals surface area contributed by atoms with Crippen LogP contribution in [0.5, 0.6) is 0 Å². The second-order valence-electron chi connectivity index (χ2n) is 17.3. The van der Waals surface area contributed by atoms with Crippen molar-refractivity contribution in [2.24, 2.45) is 5.73 Å². The Morgan fingerprint density at radius 2 is 0.921 bits per heavy atom. The largest absolute Gasteiger partial charge is 0.480 e. The summed E-state index contributed by atoms with van der Waals surface area (Å²) in [5.74, 6) is -1.80. The van der Waals surface area contributed by atoms with E-state index in [0.717, 1.165) is 70.6 Å². The Morgan fingerprint density at radius 1 is 0.524 bits per heavy atom. The Labute approximate surface area is 386 Å².